The van der Waals surface area contributed by atoms with Crippen LogP contribution in [0.5, 0.6) is 5.75 Å². The number of benzene rings is 1. The van der Waals surface area contributed by atoms with Gasteiger partial charge in [0.2, 0.25) is 0 Å². The fourth-order valence-corrected chi connectivity index (χ4v) is 6.09. The molecule has 11 heteroatoms. The molecular weight excluding hydrogens is 536 g/mol. The van der Waals surface area contributed by atoms with Gasteiger partial charge >= 0.3 is 0 Å². The minimum Gasteiger partial charge on any atom is -0.494 e. The van der Waals surface area contributed by atoms with Gasteiger partial charge in [-0.2, -0.15) is 5.10 Å². The molecule has 3 aromatic heterocycles. The van der Waals surface area contributed by atoms with Gasteiger partial charge in [-0.15, -0.1) is 0 Å². The van der Waals surface area contributed by atoms with Crippen LogP contribution in [-0.4, -0.2) is 53.3 Å². The van der Waals surface area contributed by atoms with Crippen molar-refractivity contribution in [3.8, 4) is 17.0 Å². The Kier molecular flexibility index (Phi) is 8.37. The van der Waals surface area contributed by atoms with Crippen molar-refractivity contribution in [3.05, 3.63) is 53.4 Å². The van der Waals surface area contributed by atoms with Crippen LogP contribution in [0.15, 0.2) is 42.7 Å². The highest BCUT2D eigenvalue weighted by molar-refractivity contribution is 7.90. The summed E-state index contributed by atoms with van der Waals surface area (Å²) in [6, 6.07) is 9.78. The zero-order valence-electron chi connectivity index (χ0n) is 23.3. The molecule has 0 spiro atoms. The summed E-state index contributed by atoms with van der Waals surface area (Å²) in [4.78, 5) is 9.43. The first kappa shape index (κ1) is 28.6. The number of anilines is 3. The van der Waals surface area contributed by atoms with Crippen molar-refractivity contribution < 1.29 is 13.2 Å². The lowest BCUT2D eigenvalue weighted by Crippen LogP contribution is -2.29. The number of hydrogen-bond donors (Lipinski definition) is 2. The summed E-state index contributed by atoms with van der Waals surface area (Å²) in [6.07, 6.45) is 4.90. The third kappa shape index (κ3) is 6.62. The number of aromatic nitrogens is 4. The molecule has 4 rings (SSSR count). The SMILES string of the molecule is COc1ccc(Nc2cc3c(C(C)C)ccc(N[C@H](C)[C@H](C)CS(C)(=O)=O)c3cn2)nc1-c1cn(C)nc1Cl. The fourth-order valence-electron chi connectivity index (χ4n) is 4.59. The first-order valence-electron chi connectivity index (χ1n) is 12.7. The quantitative estimate of drug-likeness (QED) is 0.237. The molecular formula is C28H35ClN6O3S. The Morgan fingerprint density at radius 1 is 1.08 bits per heavy atom. The van der Waals surface area contributed by atoms with Gasteiger partial charge in [-0.3, -0.25) is 4.68 Å². The van der Waals surface area contributed by atoms with Gasteiger partial charge in [-0.05, 0) is 54.0 Å². The highest BCUT2D eigenvalue weighted by Gasteiger charge is 2.20. The topological polar surface area (TPSA) is 111 Å². The van der Waals surface area contributed by atoms with E-state index < -0.39 is 9.84 Å². The molecule has 0 aliphatic carbocycles. The van der Waals surface area contributed by atoms with Gasteiger partial charge in [0.05, 0.1) is 18.4 Å². The van der Waals surface area contributed by atoms with Crippen LogP contribution in [0.4, 0.5) is 17.3 Å². The maximum atomic E-state index is 11.8. The van der Waals surface area contributed by atoms with Gasteiger partial charge < -0.3 is 15.4 Å². The van der Waals surface area contributed by atoms with E-state index in [0.717, 1.165) is 16.5 Å². The summed E-state index contributed by atoms with van der Waals surface area (Å²) in [6.45, 7) is 8.25. The second-order valence-corrected chi connectivity index (χ2v) is 12.9. The number of nitrogens with zero attached hydrogens (tertiary/aromatic N) is 4. The number of aryl methyl sites for hydroxylation is 1. The third-order valence-electron chi connectivity index (χ3n) is 6.73. The molecule has 0 amide bonds. The van der Waals surface area contributed by atoms with Gasteiger partial charge in [-0.25, -0.2) is 18.4 Å². The number of sulfone groups is 1. The Morgan fingerprint density at radius 2 is 1.82 bits per heavy atom. The van der Waals surface area contributed by atoms with Crippen molar-refractivity contribution in [2.75, 3.05) is 29.8 Å². The van der Waals surface area contributed by atoms with Crippen molar-refractivity contribution in [2.24, 2.45) is 13.0 Å². The first-order valence-corrected chi connectivity index (χ1v) is 15.2. The Labute approximate surface area is 234 Å². The largest absolute Gasteiger partial charge is 0.494 e. The van der Waals surface area contributed by atoms with Crippen LogP contribution in [0, 0.1) is 5.92 Å². The maximum absolute atomic E-state index is 11.8. The lowest BCUT2D eigenvalue weighted by molar-refractivity contribution is 0.415. The number of ether oxygens (including phenoxy) is 1. The van der Waals surface area contributed by atoms with Crippen molar-refractivity contribution in [1.82, 2.24) is 19.7 Å². The minimum atomic E-state index is -3.07. The lowest BCUT2D eigenvalue weighted by atomic mass is 9.95. The van der Waals surface area contributed by atoms with E-state index in [9.17, 15) is 8.42 Å². The average molecular weight is 571 g/mol. The van der Waals surface area contributed by atoms with Crippen LogP contribution in [-0.2, 0) is 16.9 Å². The predicted molar refractivity (Wildman–Crippen MR) is 159 cm³/mol. The van der Waals surface area contributed by atoms with Gasteiger partial charge in [0, 0.05) is 42.8 Å². The summed E-state index contributed by atoms with van der Waals surface area (Å²) in [5.41, 5.74) is 3.34. The summed E-state index contributed by atoms with van der Waals surface area (Å²) >= 11 is 6.34. The van der Waals surface area contributed by atoms with E-state index in [0.29, 0.717) is 33.8 Å². The highest BCUT2D eigenvalue weighted by atomic mass is 35.5. The number of pyridine rings is 2. The standard InChI is InChI=1S/C28H35ClN6O3S/c1-16(2)19-8-9-23(31-18(4)17(3)15-39(7,36)37)21-13-30-26(12-20(19)21)32-25-11-10-24(38-6)27(33-25)22-14-35(5)34-28(22)29/h8-14,16-18,31H,15H2,1-7H3,(H,30,32,33)/t17-,18-/m1/s1. The smallest absolute Gasteiger partial charge is 0.160 e. The normalized spacial score (nSPS) is 13.5. The van der Waals surface area contributed by atoms with Gasteiger partial charge in [0.15, 0.2) is 5.15 Å². The molecule has 0 aliphatic heterocycles. The van der Waals surface area contributed by atoms with Crippen LogP contribution >= 0.6 is 11.6 Å². The molecule has 208 valence electrons. The fraction of sp³-hybridized carbons (Fsp3) is 0.393. The third-order valence-corrected chi connectivity index (χ3v) is 8.14. The zero-order valence-corrected chi connectivity index (χ0v) is 24.9. The number of halogens is 1. The van der Waals surface area contributed by atoms with Crippen LogP contribution in [0.25, 0.3) is 22.0 Å². The second-order valence-electron chi connectivity index (χ2n) is 10.4. The van der Waals surface area contributed by atoms with Gasteiger partial charge in [-0.1, -0.05) is 38.4 Å². The van der Waals surface area contributed by atoms with E-state index in [1.165, 1.54) is 11.8 Å². The molecule has 1 aromatic carbocycles. The van der Waals surface area contributed by atoms with Crippen LogP contribution in [0.2, 0.25) is 5.15 Å². The Bertz CT molecular complexity index is 1600. The molecule has 9 nitrogen and oxygen atoms in total. The van der Waals surface area contributed by atoms with E-state index in [1.54, 1.807) is 25.0 Å². The molecule has 2 atom stereocenters. The number of rotatable bonds is 10. The zero-order chi connectivity index (χ0) is 28.5. The molecule has 0 saturated carbocycles. The van der Waals surface area contributed by atoms with E-state index in [-0.39, 0.29) is 23.6 Å². The summed E-state index contributed by atoms with van der Waals surface area (Å²) in [7, 11) is 0.315. The van der Waals surface area contributed by atoms with Gasteiger partial charge in [0.1, 0.15) is 32.9 Å². The van der Waals surface area contributed by atoms with Crippen molar-refractivity contribution >= 4 is 49.5 Å². The molecule has 0 radical (unpaired) electrons. The van der Waals surface area contributed by atoms with E-state index in [2.05, 4.69) is 40.6 Å². The molecule has 0 saturated heterocycles. The summed E-state index contributed by atoms with van der Waals surface area (Å²) in [5, 5.41) is 13.4. The molecule has 0 bridgehead atoms. The Morgan fingerprint density at radius 3 is 2.44 bits per heavy atom. The summed E-state index contributed by atoms with van der Waals surface area (Å²) < 4.78 is 30.8. The number of methoxy groups -OCH3 is 1. The van der Waals surface area contributed by atoms with E-state index in [4.69, 9.17) is 21.3 Å². The lowest BCUT2D eigenvalue weighted by Gasteiger charge is -2.23. The van der Waals surface area contributed by atoms with E-state index >= 15 is 0 Å². The first-order chi connectivity index (χ1) is 18.4. The maximum Gasteiger partial charge on any atom is 0.160 e. The molecule has 0 fully saturated rings. The van der Waals surface area contributed by atoms with Crippen LogP contribution in [0.1, 0.15) is 39.2 Å². The molecule has 3 heterocycles. The molecule has 4 aromatic rings. The number of nitrogens with one attached hydrogen (secondary N) is 2. The molecule has 39 heavy (non-hydrogen) atoms. The Balaban J connectivity index is 1.69. The van der Waals surface area contributed by atoms with Gasteiger partial charge in [0.25, 0.3) is 0 Å². The predicted octanol–water partition coefficient (Wildman–Crippen LogP) is 6.04. The molecule has 0 aliphatic rings. The average Bonchev–Trinajstić information content (AvgIpc) is 3.20. The van der Waals surface area contributed by atoms with Crippen molar-refractivity contribution in [2.45, 2.75) is 39.7 Å². The van der Waals surface area contributed by atoms with E-state index in [1.807, 2.05) is 44.3 Å². The Hall–Kier alpha value is -3.37. The van der Waals surface area contributed by atoms with Crippen LogP contribution in [0.3, 0.4) is 0 Å². The second kappa shape index (κ2) is 11.4. The number of hydrogen-bond acceptors (Lipinski definition) is 8. The van der Waals surface area contributed by atoms with Crippen LogP contribution < -0.4 is 15.4 Å². The number of fused-ring (bicyclic) bond motifs is 1. The minimum absolute atomic E-state index is 0.0492. The highest BCUT2D eigenvalue weighted by Crippen LogP contribution is 2.36. The summed E-state index contributed by atoms with van der Waals surface area (Å²) in [5.74, 6) is 2.16. The molecule has 2 N–H and O–H groups in total. The monoisotopic (exact) mass is 570 g/mol. The van der Waals surface area contributed by atoms with Crippen molar-refractivity contribution in [3.63, 3.8) is 0 Å². The molecule has 0 unspecified atom stereocenters. The van der Waals surface area contributed by atoms with Crippen molar-refractivity contribution in [1.29, 1.82) is 0 Å².